The summed E-state index contributed by atoms with van der Waals surface area (Å²) < 4.78 is 33.0. The van der Waals surface area contributed by atoms with E-state index in [1.807, 2.05) is 0 Å². The molecule has 2 unspecified atom stereocenters. The maximum atomic E-state index is 12.7. The van der Waals surface area contributed by atoms with E-state index in [1.54, 1.807) is 0 Å². The van der Waals surface area contributed by atoms with Crippen LogP contribution in [-0.2, 0) is 32.7 Å². The van der Waals surface area contributed by atoms with Crippen LogP contribution in [0.5, 0.6) is 0 Å². The van der Waals surface area contributed by atoms with Crippen molar-refractivity contribution in [1.82, 2.24) is 0 Å². The summed E-state index contributed by atoms with van der Waals surface area (Å²) >= 11 is 0. The van der Waals surface area contributed by atoms with Crippen LogP contribution in [0.3, 0.4) is 0 Å². The summed E-state index contributed by atoms with van der Waals surface area (Å²) in [5.41, 5.74) is 5.38. The summed E-state index contributed by atoms with van der Waals surface area (Å²) in [5, 5.41) is 0. The highest BCUT2D eigenvalue weighted by molar-refractivity contribution is 7.47. The molecule has 9 nitrogen and oxygen atoms in total. The number of unbranched alkanes of at least 4 members (excludes halogenated alkanes) is 30. The zero-order valence-corrected chi connectivity index (χ0v) is 46.8. The molecule has 0 fully saturated rings. The van der Waals surface area contributed by atoms with E-state index in [-0.39, 0.29) is 38.6 Å². The topological polar surface area (TPSA) is 134 Å². The second-order valence-electron chi connectivity index (χ2n) is 19.5. The Kier molecular flexibility index (Phi) is 54.7. The molecule has 0 heterocycles. The first-order valence-corrected chi connectivity index (χ1v) is 30.9. The zero-order chi connectivity index (χ0) is 51.7. The highest BCUT2D eigenvalue weighted by Crippen LogP contribution is 2.43. The van der Waals surface area contributed by atoms with Gasteiger partial charge in [-0.2, -0.15) is 0 Å². The highest BCUT2D eigenvalue weighted by Gasteiger charge is 2.26. The van der Waals surface area contributed by atoms with Gasteiger partial charge in [0.05, 0.1) is 13.2 Å². The minimum absolute atomic E-state index is 0.0476. The van der Waals surface area contributed by atoms with Crippen LogP contribution in [0, 0.1) is 0 Å². The minimum Gasteiger partial charge on any atom is -0.462 e. The average molecular weight is 1020 g/mol. The molecule has 0 aliphatic heterocycles. The molecule has 0 amide bonds. The van der Waals surface area contributed by atoms with E-state index in [2.05, 4.69) is 86.8 Å². The molecule has 0 aromatic carbocycles. The van der Waals surface area contributed by atoms with Gasteiger partial charge in [0.15, 0.2) is 6.10 Å². The van der Waals surface area contributed by atoms with Gasteiger partial charge in [-0.3, -0.25) is 18.6 Å². The van der Waals surface area contributed by atoms with Crippen molar-refractivity contribution < 1.29 is 37.6 Å². The monoisotopic (exact) mass is 1020 g/mol. The van der Waals surface area contributed by atoms with E-state index in [9.17, 15) is 19.0 Å². The van der Waals surface area contributed by atoms with Crippen molar-refractivity contribution in [1.29, 1.82) is 0 Å². The molecule has 0 aliphatic carbocycles. The Hall–Kier alpha value is -2.55. The SMILES string of the molecule is CC/C=C\C/C=C\C/C=C\C/C=C\C/C=C\CCCCCCCC(=O)OC(COC(=O)CCCCCCCCCCCCCCCCCCC/C=C\CCCCCCCCCC)COP(=O)(O)OCCN. The first-order chi connectivity index (χ1) is 34.8. The van der Waals surface area contributed by atoms with Gasteiger partial charge >= 0.3 is 19.8 Å². The van der Waals surface area contributed by atoms with Crippen molar-refractivity contribution in [2.24, 2.45) is 5.73 Å². The molecule has 3 N–H and O–H groups in total. The molecule has 0 spiro atoms. The molecule has 0 aliphatic rings. The third kappa shape index (κ3) is 56.6. The van der Waals surface area contributed by atoms with E-state index in [1.165, 1.54) is 154 Å². The fraction of sp³-hybridized carbons (Fsp3) is 0.770. The largest absolute Gasteiger partial charge is 0.472 e. The number of carbonyl (C=O) groups is 2. The maximum absolute atomic E-state index is 12.7. The van der Waals surface area contributed by atoms with Crippen LogP contribution in [0.1, 0.15) is 271 Å². The van der Waals surface area contributed by atoms with Gasteiger partial charge in [-0.05, 0) is 83.5 Å². The summed E-state index contributed by atoms with van der Waals surface area (Å²) in [5.74, 6) is -0.844. The van der Waals surface area contributed by atoms with Crippen LogP contribution in [0.2, 0.25) is 0 Å². The van der Waals surface area contributed by atoms with Gasteiger partial charge in [0.25, 0.3) is 0 Å². The van der Waals surface area contributed by atoms with Crippen LogP contribution < -0.4 is 5.73 Å². The number of ether oxygens (including phenoxy) is 2. The van der Waals surface area contributed by atoms with Crippen molar-refractivity contribution >= 4 is 19.8 Å². The normalized spacial score (nSPS) is 13.6. The van der Waals surface area contributed by atoms with Gasteiger partial charge in [0, 0.05) is 19.4 Å². The molecule has 0 saturated carbocycles. The van der Waals surface area contributed by atoms with Crippen molar-refractivity contribution in [3.05, 3.63) is 72.9 Å². The van der Waals surface area contributed by atoms with Gasteiger partial charge in [-0.15, -0.1) is 0 Å². The number of carbonyl (C=O) groups excluding carboxylic acids is 2. The highest BCUT2D eigenvalue weighted by atomic mass is 31.2. The number of nitrogens with two attached hydrogens (primary N) is 1. The molecule has 0 radical (unpaired) electrons. The van der Waals surface area contributed by atoms with Crippen molar-refractivity contribution in [2.45, 2.75) is 277 Å². The van der Waals surface area contributed by atoms with Crippen LogP contribution in [0.4, 0.5) is 0 Å². The van der Waals surface area contributed by atoms with E-state index in [0.717, 1.165) is 83.5 Å². The first kappa shape index (κ1) is 68.5. The molecular formula is C61H110NO8P. The molecule has 10 heteroatoms. The first-order valence-electron chi connectivity index (χ1n) is 29.4. The molecule has 0 aromatic heterocycles. The Bertz CT molecular complexity index is 1390. The predicted molar refractivity (Wildman–Crippen MR) is 302 cm³/mol. The lowest BCUT2D eigenvalue weighted by Crippen LogP contribution is -2.29. The fourth-order valence-corrected chi connectivity index (χ4v) is 9.01. The third-order valence-corrected chi connectivity index (χ3v) is 13.6. The molecule has 2 atom stereocenters. The van der Waals surface area contributed by atoms with E-state index < -0.39 is 26.5 Å². The van der Waals surface area contributed by atoms with Gasteiger partial charge in [-0.1, -0.05) is 247 Å². The number of phosphoric ester groups is 1. The van der Waals surface area contributed by atoms with Crippen LogP contribution in [0.25, 0.3) is 0 Å². The Morgan fingerprint density at radius 1 is 0.437 bits per heavy atom. The number of rotatable bonds is 55. The second-order valence-corrected chi connectivity index (χ2v) is 20.9. The summed E-state index contributed by atoms with van der Waals surface area (Å²) in [6.07, 6.45) is 72.5. The molecule has 0 rings (SSSR count). The summed E-state index contributed by atoms with van der Waals surface area (Å²) in [4.78, 5) is 35.2. The lowest BCUT2D eigenvalue weighted by Gasteiger charge is -2.19. The quantitative estimate of drug-likeness (QED) is 0.0264. The Morgan fingerprint density at radius 2 is 0.775 bits per heavy atom. The summed E-state index contributed by atoms with van der Waals surface area (Å²) in [6, 6.07) is 0. The van der Waals surface area contributed by atoms with Crippen molar-refractivity contribution in [3.8, 4) is 0 Å². The zero-order valence-electron chi connectivity index (χ0n) is 45.9. The maximum Gasteiger partial charge on any atom is 0.472 e. The molecule has 0 aromatic rings. The van der Waals surface area contributed by atoms with Gasteiger partial charge < -0.3 is 20.1 Å². The molecular weight excluding hydrogens is 906 g/mol. The van der Waals surface area contributed by atoms with Crippen molar-refractivity contribution in [3.63, 3.8) is 0 Å². The number of phosphoric acid groups is 1. The Morgan fingerprint density at radius 3 is 1.17 bits per heavy atom. The van der Waals surface area contributed by atoms with Crippen LogP contribution in [-0.4, -0.2) is 49.3 Å². The predicted octanol–water partition coefficient (Wildman–Crippen LogP) is 18.5. The standard InChI is InChI=1S/C61H110NO8P/c1-3-5-7-9-11-13-15-17-19-21-23-25-26-27-28-29-30-31-32-34-35-37-39-41-43-45-47-49-51-53-60(63)67-57-59(58-69-71(65,66)68-56-55-62)70-61(64)54-52-50-48-46-44-42-40-38-36-33-24-22-20-18-16-14-12-10-8-6-4-2/h6,8,12,14,18,20-21,23-24,33,38,40,59H,3-5,7,9-11,13,15-17,19,22,25-32,34-37,39,41-58,62H2,1-2H3,(H,65,66)/b8-6-,14-12-,20-18-,23-21-,33-24-,40-38-. The second kappa shape index (κ2) is 56.7. The summed E-state index contributed by atoms with van der Waals surface area (Å²) in [7, 11) is -4.40. The molecule has 0 bridgehead atoms. The lowest BCUT2D eigenvalue weighted by molar-refractivity contribution is -0.161. The average Bonchev–Trinajstić information content (AvgIpc) is 3.36. The Balaban J connectivity index is 3.96. The van der Waals surface area contributed by atoms with Crippen molar-refractivity contribution in [2.75, 3.05) is 26.4 Å². The van der Waals surface area contributed by atoms with Crippen LogP contribution >= 0.6 is 7.82 Å². The molecule has 71 heavy (non-hydrogen) atoms. The smallest absolute Gasteiger partial charge is 0.462 e. The van der Waals surface area contributed by atoms with Gasteiger partial charge in [-0.25, -0.2) is 4.57 Å². The Labute approximate surface area is 437 Å². The number of allylic oxidation sites excluding steroid dienone is 12. The number of hydrogen-bond acceptors (Lipinski definition) is 8. The molecule has 0 saturated heterocycles. The minimum atomic E-state index is -4.40. The molecule has 412 valence electrons. The number of esters is 2. The number of hydrogen-bond donors (Lipinski definition) is 2. The van der Waals surface area contributed by atoms with E-state index in [0.29, 0.717) is 6.42 Å². The van der Waals surface area contributed by atoms with E-state index >= 15 is 0 Å². The van der Waals surface area contributed by atoms with Crippen LogP contribution in [0.15, 0.2) is 72.9 Å². The van der Waals surface area contributed by atoms with E-state index in [4.69, 9.17) is 24.3 Å². The van der Waals surface area contributed by atoms with Gasteiger partial charge in [0.1, 0.15) is 6.61 Å². The summed E-state index contributed by atoms with van der Waals surface area (Å²) in [6.45, 7) is 3.63. The van der Waals surface area contributed by atoms with Gasteiger partial charge in [0.2, 0.25) is 0 Å². The fourth-order valence-electron chi connectivity index (χ4n) is 8.25. The third-order valence-electron chi connectivity index (χ3n) is 12.6. The lowest BCUT2D eigenvalue weighted by atomic mass is 10.0.